The number of rotatable bonds is 7. The topological polar surface area (TPSA) is 123 Å². The molecule has 2 aromatic heterocycles. The number of carbonyl (C=O) groups is 1. The van der Waals surface area contributed by atoms with E-state index in [0.29, 0.717) is 17.1 Å². The smallest absolute Gasteiger partial charge is 0.324 e. The lowest BCUT2D eigenvalue weighted by molar-refractivity contribution is 0.262. The molecule has 222 valence electrons. The Labute approximate surface area is 247 Å². The second kappa shape index (κ2) is 11.7. The van der Waals surface area contributed by atoms with Gasteiger partial charge in [0, 0.05) is 30.4 Å². The van der Waals surface area contributed by atoms with E-state index in [9.17, 15) is 13.2 Å². The predicted octanol–water partition coefficient (Wildman–Crippen LogP) is 5.37. The minimum atomic E-state index is -3.72. The molecule has 2 amide bonds. The lowest BCUT2D eigenvalue weighted by Gasteiger charge is -2.30. The van der Waals surface area contributed by atoms with Crippen molar-refractivity contribution in [3.05, 3.63) is 83.9 Å². The molecule has 5 rings (SSSR count). The first-order valence-corrected chi connectivity index (χ1v) is 15.7. The minimum absolute atomic E-state index is 0.0422. The van der Waals surface area contributed by atoms with Gasteiger partial charge < -0.3 is 15.2 Å². The molecule has 1 unspecified atom stereocenters. The number of nitrogens with one attached hydrogen (secondary N) is 3. The maximum atomic E-state index is 13.8. The Morgan fingerprint density at radius 2 is 1.69 bits per heavy atom. The number of urea groups is 1. The van der Waals surface area contributed by atoms with Gasteiger partial charge in [-0.05, 0) is 68.6 Å². The van der Waals surface area contributed by atoms with Crippen LogP contribution in [-0.2, 0) is 22.3 Å². The Hall–Kier alpha value is -3.96. The van der Waals surface area contributed by atoms with Gasteiger partial charge in [0.1, 0.15) is 5.82 Å². The molecule has 10 nitrogen and oxygen atoms in total. The molecule has 42 heavy (non-hydrogen) atoms. The number of nitrogens with zero attached hydrogens (tertiary/aromatic N) is 4. The van der Waals surface area contributed by atoms with Gasteiger partial charge in [0.15, 0.2) is 5.03 Å². The summed E-state index contributed by atoms with van der Waals surface area (Å²) in [4.78, 5) is 17.3. The van der Waals surface area contributed by atoms with Crippen molar-refractivity contribution in [1.29, 1.82) is 0 Å². The molecule has 3 heterocycles. The number of hydrogen-bond acceptors (Lipinski definition) is 6. The Kier molecular flexibility index (Phi) is 8.25. The number of amides is 2. The van der Waals surface area contributed by atoms with E-state index in [1.54, 1.807) is 46.8 Å². The highest BCUT2D eigenvalue weighted by atomic mass is 32.2. The van der Waals surface area contributed by atoms with E-state index in [4.69, 9.17) is 5.10 Å². The van der Waals surface area contributed by atoms with Crippen LogP contribution in [0.5, 0.6) is 0 Å². The summed E-state index contributed by atoms with van der Waals surface area (Å²) in [7, 11) is -1.96. The van der Waals surface area contributed by atoms with Gasteiger partial charge in [-0.25, -0.2) is 22.9 Å². The molecule has 0 aliphatic carbocycles. The van der Waals surface area contributed by atoms with Crippen molar-refractivity contribution >= 4 is 27.4 Å². The van der Waals surface area contributed by atoms with Crippen LogP contribution in [0.2, 0.25) is 0 Å². The van der Waals surface area contributed by atoms with E-state index < -0.39 is 21.1 Å². The van der Waals surface area contributed by atoms with Crippen LogP contribution >= 0.6 is 0 Å². The monoisotopic (exact) mass is 589 g/mol. The molecule has 0 saturated carbocycles. The van der Waals surface area contributed by atoms with Gasteiger partial charge in [-0.15, -0.1) is 0 Å². The third-order valence-corrected chi connectivity index (χ3v) is 9.73. The number of imidazole rings is 1. The van der Waals surface area contributed by atoms with Crippen molar-refractivity contribution in [2.75, 3.05) is 23.7 Å². The first-order valence-electron chi connectivity index (χ1n) is 14.2. The van der Waals surface area contributed by atoms with Gasteiger partial charge in [0.2, 0.25) is 9.84 Å². The van der Waals surface area contributed by atoms with Crippen LogP contribution in [0, 0.1) is 12.8 Å². The molecule has 3 N–H and O–H groups in total. The summed E-state index contributed by atoms with van der Waals surface area (Å²) >= 11 is 0. The fraction of sp³-hybridized carbons (Fsp3) is 0.387. The minimum Gasteiger partial charge on any atom is -0.339 e. The first kappa shape index (κ1) is 29.5. The molecule has 1 fully saturated rings. The normalized spacial score (nSPS) is 15.4. The third kappa shape index (κ3) is 6.42. The van der Waals surface area contributed by atoms with Crippen LogP contribution < -0.4 is 16.0 Å². The highest BCUT2D eigenvalue weighted by Gasteiger charge is 2.38. The zero-order valence-electron chi connectivity index (χ0n) is 24.8. The molecular weight excluding hydrogens is 550 g/mol. The summed E-state index contributed by atoms with van der Waals surface area (Å²) in [6.07, 6.45) is 4.57. The van der Waals surface area contributed by atoms with Crippen molar-refractivity contribution < 1.29 is 13.2 Å². The van der Waals surface area contributed by atoms with Crippen LogP contribution in [-0.4, -0.2) is 46.9 Å². The number of carbonyl (C=O) groups excluding carboxylic acids is 1. The molecule has 0 spiro atoms. The van der Waals surface area contributed by atoms with Gasteiger partial charge in [-0.2, -0.15) is 5.10 Å². The molecule has 4 aromatic rings. The molecule has 1 saturated heterocycles. The van der Waals surface area contributed by atoms with Gasteiger partial charge >= 0.3 is 6.03 Å². The number of aryl methyl sites for hydroxylation is 2. The summed E-state index contributed by atoms with van der Waals surface area (Å²) in [6, 6.07) is 16.5. The number of aromatic nitrogens is 4. The SMILES string of the molecule is Cc1ccc(-n2nc(C(C)(C)C)cc2NC(=O)Nc2ccc(C(C3CCNCC3)S(=O)(=O)c3cn(C)cn3)cc2)cc1. The van der Waals surface area contributed by atoms with Crippen molar-refractivity contribution in [2.45, 2.75) is 56.2 Å². The first-order chi connectivity index (χ1) is 19.9. The molecule has 0 bridgehead atoms. The molecule has 1 atom stereocenters. The van der Waals surface area contributed by atoms with Gasteiger partial charge in [0.05, 0.1) is 23.0 Å². The molecule has 11 heteroatoms. The molecule has 2 aromatic carbocycles. The number of piperidine rings is 1. The van der Waals surface area contributed by atoms with Crippen LogP contribution in [0.1, 0.15) is 55.7 Å². The second-order valence-electron chi connectivity index (χ2n) is 12.0. The number of sulfone groups is 1. The number of anilines is 2. The lowest BCUT2D eigenvalue weighted by atomic mass is 9.90. The maximum absolute atomic E-state index is 13.8. The fourth-order valence-corrected chi connectivity index (χ4v) is 7.33. The van der Waals surface area contributed by atoms with Crippen molar-refractivity contribution in [3.63, 3.8) is 0 Å². The van der Waals surface area contributed by atoms with Gasteiger partial charge in [0.25, 0.3) is 0 Å². The third-order valence-electron chi connectivity index (χ3n) is 7.61. The standard InChI is InChI=1S/C31H39N7O3S/c1-21-6-12-25(13-7-21)38-27(18-26(36-38)31(2,3)4)35-30(39)34-24-10-8-22(9-11-24)29(23-14-16-32-17-15-23)42(40,41)28-19-37(5)20-33-28/h6-13,18-20,23,29,32H,14-17H2,1-5H3,(H2,34,35,39). The molecule has 0 radical (unpaired) electrons. The van der Waals surface area contributed by atoms with E-state index in [-0.39, 0.29) is 16.4 Å². The highest BCUT2D eigenvalue weighted by Crippen LogP contribution is 2.39. The number of benzene rings is 2. The fourth-order valence-electron chi connectivity index (χ4n) is 5.27. The zero-order chi connectivity index (χ0) is 30.1. The molecule has 1 aliphatic heterocycles. The summed E-state index contributed by atoms with van der Waals surface area (Å²) in [5, 5.41) is 13.3. The predicted molar refractivity (Wildman–Crippen MR) is 165 cm³/mol. The Morgan fingerprint density at radius 1 is 1.02 bits per heavy atom. The van der Waals surface area contributed by atoms with E-state index in [0.717, 1.165) is 42.9 Å². The maximum Gasteiger partial charge on any atom is 0.324 e. The van der Waals surface area contributed by atoms with E-state index in [2.05, 4.69) is 41.7 Å². The Balaban J connectivity index is 1.37. The largest absolute Gasteiger partial charge is 0.339 e. The lowest BCUT2D eigenvalue weighted by Crippen LogP contribution is -2.33. The highest BCUT2D eigenvalue weighted by molar-refractivity contribution is 7.91. The van der Waals surface area contributed by atoms with Crippen LogP contribution in [0.25, 0.3) is 5.69 Å². The van der Waals surface area contributed by atoms with Crippen LogP contribution in [0.15, 0.2) is 72.1 Å². The summed E-state index contributed by atoms with van der Waals surface area (Å²) in [5.74, 6) is 0.504. The van der Waals surface area contributed by atoms with Crippen LogP contribution in [0.3, 0.4) is 0 Å². The van der Waals surface area contributed by atoms with Crippen molar-refractivity contribution in [2.24, 2.45) is 13.0 Å². The van der Waals surface area contributed by atoms with Crippen molar-refractivity contribution in [1.82, 2.24) is 24.6 Å². The average molecular weight is 590 g/mol. The van der Waals surface area contributed by atoms with Crippen molar-refractivity contribution in [3.8, 4) is 5.69 Å². The van der Waals surface area contributed by atoms with Crippen LogP contribution in [0.4, 0.5) is 16.3 Å². The molecule has 1 aliphatic rings. The summed E-state index contributed by atoms with van der Waals surface area (Å²) < 4.78 is 30.9. The van der Waals surface area contributed by atoms with E-state index >= 15 is 0 Å². The van der Waals surface area contributed by atoms with E-state index in [1.807, 2.05) is 37.3 Å². The van der Waals surface area contributed by atoms with Gasteiger partial charge in [-0.3, -0.25) is 5.32 Å². The number of hydrogen-bond donors (Lipinski definition) is 3. The Morgan fingerprint density at radius 3 is 2.29 bits per heavy atom. The van der Waals surface area contributed by atoms with Gasteiger partial charge in [-0.1, -0.05) is 50.6 Å². The summed E-state index contributed by atoms with van der Waals surface area (Å²) in [5.41, 5.74) is 3.85. The summed E-state index contributed by atoms with van der Waals surface area (Å²) in [6.45, 7) is 9.79. The van der Waals surface area contributed by atoms with E-state index in [1.165, 1.54) is 6.33 Å². The molecular formula is C31H39N7O3S. The zero-order valence-corrected chi connectivity index (χ0v) is 25.6. The average Bonchev–Trinajstić information content (AvgIpc) is 3.58. The quantitative estimate of drug-likeness (QED) is 0.266. The second-order valence-corrected chi connectivity index (χ2v) is 14.1. The Bertz CT molecular complexity index is 1640.